The van der Waals surface area contributed by atoms with Crippen molar-refractivity contribution in [2.75, 3.05) is 16.4 Å². The summed E-state index contributed by atoms with van der Waals surface area (Å²) in [5.41, 5.74) is 11.9. The fourth-order valence-electron chi connectivity index (χ4n) is 3.53. The predicted octanol–water partition coefficient (Wildman–Crippen LogP) is 5.71. The van der Waals surface area contributed by atoms with Gasteiger partial charge in [-0.05, 0) is 50.2 Å². The van der Waals surface area contributed by atoms with Crippen LogP contribution in [-0.4, -0.2) is 20.3 Å². The summed E-state index contributed by atoms with van der Waals surface area (Å²) in [4.78, 5) is 22.6. The minimum absolute atomic E-state index is 0.197. The Hall–Kier alpha value is -3.69. The van der Waals surface area contributed by atoms with Crippen molar-refractivity contribution in [2.24, 2.45) is 0 Å². The van der Waals surface area contributed by atoms with Crippen LogP contribution in [0.4, 0.5) is 21.5 Å². The van der Waals surface area contributed by atoms with E-state index in [1.54, 1.807) is 18.2 Å². The Morgan fingerprint density at radius 3 is 2.72 bits per heavy atom. The molecule has 0 spiro atoms. The molecular formula is C23H20N6OS2. The number of aromatic nitrogens is 3. The molecule has 0 aliphatic rings. The summed E-state index contributed by atoms with van der Waals surface area (Å²) in [6, 6.07) is 16.9. The Bertz CT molecular complexity index is 1450. The van der Waals surface area contributed by atoms with Crippen molar-refractivity contribution in [3.8, 4) is 11.4 Å². The van der Waals surface area contributed by atoms with Crippen LogP contribution in [0, 0.1) is 13.8 Å². The molecule has 9 heteroatoms. The molecule has 0 saturated heterocycles. The van der Waals surface area contributed by atoms with Crippen LogP contribution in [0.3, 0.4) is 0 Å². The Kier molecular flexibility index (Phi) is 5.12. The fourth-order valence-corrected chi connectivity index (χ4v) is 5.11. The van der Waals surface area contributed by atoms with E-state index in [0.29, 0.717) is 16.3 Å². The Morgan fingerprint density at radius 2 is 1.88 bits per heavy atom. The van der Waals surface area contributed by atoms with Crippen LogP contribution in [0.2, 0.25) is 0 Å². The topological polar surface area (TPSA) is 97.3 Å². The van der Waals surface area contributed by atoms with Crippen LogP contribution in [0.15, 0.2) is 60.0 Å². The van der Waals surface area contributed by atoms with Gasteiger partial charge in [-0.25, -0.2) is 9.97 Å². The summed E-state index contributed by atoms with van der Waals surface area (Å²) in [7, 11) is 0. The van der Waals surface area contributed by atoms with Gasteiger partial charge in [0.25, 0.3) is 5.91 Å². The number of thiazole rings is 1. The van der Waals surface area contributed by atoms with Crippen molar-refractivity contribution in [2.45, 2.75) is 13.8 Å². The second-order valence-corrected chi connectivity index (χ2v) is 9.22. The molecule has 4 aromatic heterocycles. The number of anilines is 4. The first kappa shape index (κ1) is 20.2. The van der Waals surface area contributed by atoms with Gasteiger partial charge in [-0.1, -0.05) is 18.2 Å². The van der Waals surface area contributed by atoms with Crippen molar-refractivity contribution in [1.29, 1.82) is 0 Å². The summed E-state index contributed by atoms with van der Waals surface area (Å²) in [6.45, 7) is 4.06. The molecule has 4 heterocycles. The SMILES string of the molecule is Cc1nc2cccc(C)n2c1-c1csc(Nc2ccc(C(=O)Nc3ccccc3N)s2)n1. The molecule has 1 amide bonds. The largest absolute Gasteiger partial charge is 0.397 e. The number of nitrogens with two attached hydrogens (primary N) is 1. The summed E-state index contributed by atoms with van der Waals surface area (Å²) in [6.07, 6.45) is 0. The molecule has 0 atom stereocenters. The van der Waals surface area contributed by atoms with Gasteiger partial charge in [0.1, 0.15) is 11.3 Å². The van der Waals surface area contributed by atoms with E-state index in [0.717, 1.165) is 38.6 Å². The number of carbonyl (C=O) groups is 1. The van der Waals surface area contributed by atoms with Crippen LogP contribution in [0.1, 0.15) is 21.1 Å². The van der Waals surface area contributed by atoms with Gasteiger partial charge < -0.3 is 16.4 Å². The molecule has 0 aliphatic heterocycles. The molecule has 0 bridgehead atoms. The first-order chi connectivity index (χ1) is 15.5. The number of amides is 1. The monoisotopic (exact) mass is 460 g/mol. The van der Waals surface area contributed by atoms with Gasteiger partial charge in [0.05, 0.1) is 32.6 Å². The van der Waals surface area contributed by atoms with E-state index in [-0.39, 0.29) is 5.91 Å². The van der Waals surface area contributed by atoms with Crippen LogP contribution in [-0.2, 0) is 0 Å². The smallest absolute Gasteiger partial charge is 0.265 e. The third-order valence-corrected chi connectivity index (χ3v) is 6.79. The lowest BCUT2D eigenvalue weighted by Gasteiger charge is -2.06. The molecule has 4 N–H and O–H groups in total. The lowest BCUT2D eigenvalue weighted by atomic mass is 10.2. The Morgan fingerprint density at radius 1 is 1.03 bits per heavy atom. The third-order valence-electron chi connectivity index (χ3n) is 5.03. The normalized spacial score (nSPS) is 11.1. The zero-order valence-corrected chi connectivity index (χ0v) is 19.1. The number of nitrogens with zero attached hydrogens (tertiary/aromatic N) is 3. The zero-order chi connectivity index (χ0) is 22.2. The minimum Gasteiger partial charge on any atom is -0.397 e. The molecule has 0 radical (unpaired) electrons. The molecule has 5 rings (SSSR count). The number of carbonyl (C=O) groups excluding carboxylic acids is 1. The van der Waals surface area contributed by atoms with Gasteiger partial charge in [0.15, 0.2) is 5.13 Å². The molecule has 160 valence electrons. The first-order valence-corrected chi connectivity index (χ1v) is 11.6. The highest BCUT2D eigenvalue weighted by Gasteiger charge is 2.16. The quantitative estimate of drug-likeness (QED) is 0.292. The van der Waals surface area contributed by atoms with Crippen LogP contribution >= 0.6 is 22.7 Å². The van der Waals surface area contributed by atoms with E-state index in [4.69, 9.17) is 10.7 Å². The molecule has 0 aliphatic carbocycles. The van der Waals surface area contributed by atoms with Gasteiger partial charge in [-0.3, -0.25) is 9.20 Å². The number of thiophene rings is 1. The number of aryl methyl sites for hydroxylation is 2. The highest BCUT2D eigenvalue weighted by molar-refractivity contribution is 7.19. The van der Waals surface area contributed by atoms with E-state index in [1.807, 2.05) is 42.6 Å². The van der Waals surface area contributed by atoms with Crippen molar-refractivity contribution in [1.82, 2.24) is 14.4 Å². The second-order valence-electron chi connectivity index (χ2n) is 7.27. The number of imidazole rings is 1. The molecule has 0 fully saturated rings. The zero-order valence-electron chi connectivity index (χ0n) is 17.4. The molecule has 32 heavy (non-hydrogen) atoms. The standard InChI is InChI=1S/C23H20N6OS2/c1-13-6-5-9-19-25-14(2)21(29(13)19)17-12-31-23(27-17)28-20-11-10-18(32-20)22(30)26-16-8-4-3-7-15(16)24/h3-12H,24H2,1-2H3,(H,26,30)(H,27,28). The van der Waals surface area contributed by atoms with E-state index >= 15 is 0 Å². The molecule has 7 nitrogen and oxygen atoms in total. The maximum Gasteiger partial charge on any atom is 0.265 e. The molecule has 0 saturated carbocycles. The second kappa shape index (κ2) is 8.10. The van der Waals surface area contributed by atoms with Crippen LogP contribution < -0.4 is 16.4 Å². The summed E-state index contributed by atoms with van der Waals surface area (Å²) in [5.74, 6) is -0.197. The van der Waals surface area contributed by atoms with E-state index in [1.165, 1.54) is 22.7 Å². The van der Waals surface area contributed by atoms with E-state index < -0.39 is 0 Å². The molecule has 5 aromatic rings. The number of fused-ring (bicyclic) bond motifs is 1. The van der Waals surface area contributed by atoms with Gasteiger partial charge >= 0.3 is 0 Å². The highest BCUT2D eigenvalue weighted by Crippen LogP contribution is 2.32. The fraction of sp³-hybridized carbons (Fsp3) is 0.0870. The number of nitrogens with one attached hydrogen (secondary N) is 2. The first-order valence-electron chi connectivity index (χ1n) is 9.93. The van der Waals surface area contributed by atoms with Gasteiger partial charge in [-0.2, -0.15) is 0 Å². The average molecular weight is 461 g/mol. The van der Waals surface area contributed by atoms with E-state index in [2.05, 4.69) is 33.0 Å². The van der Waals surface area contributed by atoms with Crippen molar-refractivity contribution in [3.05, 3.63) is 76.2 Å². The molecular weight excluding hydrogens is 440 g/mol. The molecule has 0 unspecified atom stereocenters. The summed E-state index contributed by atoms with van der Waals surface area (Å²) in [5, 5.41) is 9.77. The van der Waals surface area contributed by atoms with Crippen molar-refractivity contribution in [3.63, 3.8) is 0 Å². The van der Waals surface area contributed by atoms with Crippen molar-refractivity contribution < 1.29 is 4.79 Å². The predicted molar refractivity (Wildman–Crippen MR) is 132 cm³/mol. The number of benzene rings is 1. The summed E-state index contributed by atoms with van der Waals surface area (Å²) >= 11 is 2.88. The lowest BCUT2D eigenvalue weighted by Crippen LogP contribution is -2.11. The Labute approximate surface area is 192 Å². The van der Waals surface area contributed by atoms with Crippen LogP contribution in [0.5, 0.6) is 0 Å². The molecule has 1 aromatic carbocycles. The third kappa shape index (κ3) is 3.72. The summed E-state index contributed by atoms with van der Waals surface area (Å²) < 4.78 is 2.12. The van der Waals surface area contributed by atoms with Crippen molar-refractivity contribution >= 4 is 55.7 Å². The maximum atomic E-state index is 12.6. The van der Waals surface area contributed by atoms with Gasteiger partial charge in [-0.15, -0.1) is 22.7 Å². The number of hydrogen-bond donors (Lipinski definition) is 3. The van der Waals surface area contributed by atoms with E-state index in [9.17, 15) is 4.79 Å². The minimum atomic E-state index is -0.197. The number of hydrogen-bond acceptors (Lipinski definition) is 7. The number of nitrogen functional groups attached to an aromatic ring is 1. The van der Waals surface area contributed by atoms with Gasteiger partial charge in [0.2, 0.25) is 0 Å². The van der Waals surface area contributed by atoms with Crippen LogP contribution in [0.25, 0.3) is 17.0 Å². The lowest BCUT2D eigenvalue weighted by molar-refractivity contribution is 0.103. The number of rotatable bonds is 5. The highest BCUT2D eigenvalue weighted by atomic mass is 32.1. The average Bonchev–Trinajstić information content (AvgIpc) is 3.49. The maximum absolute atomic E-state index is 12.6. The Balaban J connectivity index is 1.35. The number of pyridine rings is 1. The van der Waals surface area contributed by atoms with Gasteiger partial charge in [0, 0.05) is 11.1 Å². The number of para-hydroxylation sites is 2.